The van der Waals surface area contributed by atoms with Gasteiger partial charge >= 0.3 is 5.97 Å². The van der Waals surface area contributed by atoms with Crippen molar-refractivity contribution in [3.8, 4) is 0 Å². The molecule has 2 aromatic carbocycles. The molecule has 140 valence electrons. The number of hydrogen-bond acceptors (Lipinski definition) is 6. The van der Waals surface area contributed by atoms with Crippen molar-refractivity contribution in [3.63, 3.8) is 0 Å². The first-order valence-corrected chi connectivity index (χ1v) is 9.22. The number of hydrogen-bond donors (Lipinski definition) is 1. The van der Waals surface area contributed by atoms with Gasteiger partial charge in [-0.05, 0) is 37.3 Å². The minimum Gasteiger partial charge on any atom is -0.452 e. The maximum atomic E-state index is 13.7. The van der Waals surface area contributed by atoms with Crippen molar-refractivity contribution < 1.29 is 23.1 Å². The van der Waals surface area contributed by atoms with Crippen LogP contribution in [0, 0.1) is 5.82 Å². The number of nitrogens with zero attached hydrogens (tertiary/aromatic N) is 1. The van der Waals surface area contributed by atoms with Crippen LogP contribution in [0.25, 0.3) is 11.1 Å². The molecule has 0 spiro atoms. The molecule has 1 amide bonds. The number of carbonyl (C=O) groups is 2. The topological polar surface area (TPSA) is 81.4 Å². The Labute approximate surface area is 163 Å². The standard InChI is InChI=1S/C18H14ClFN2O4S/c1-10(17(24)21-13-7-6-11(19)8-12(13)20)25-16(23)9-27-18-22-14-4-2-3-5-15(14)26-18/h2-8,10H,9H2,1H3,(H,21,24)/t10-/m0/s1. The summed E-state index contributed by atoms with van der Waals surface area (Å²) in [7, 11) is 0. The van der Waals surface area contributed by atoms with Gasteiger partial charge in [0.2, 0.25) is 0 Å². The van der Waals surface area contributed by atoms with E-state index in [0.717, 1.165) is 17.8 Å². The molecule has 0 fully saturated rings. The van der Waals surface area contributed by atoms with Crippen molar-refractivity contribution in [3.05, 3.63) is 53.3 Å². The second kappa shape index (κ2) is 8.41. The molecule has 3 rings (SSSR count). The van der Waals surface area contributed by atoms with Gasteiger partial charge in [0.1, 0.15) is 17.1 Å². The van der Waals surface area contributed by atoms with Gasteiger partial charge in [-0.15, -0.1) is 0 Å². The molecule has 0 unspecified atom stereocenters. The van der Waals surface area contributed by atoms with Crippen molar-refractivity contribution in [2.45, 2.75) is 18.3 Å². The van der Waals surface area contributed by atoms with Crippen LogP contribution in [0.4, 0.5) is 10.1 Å². The minimum atomic E-state index is -1.10. The van der Waals surface area contributed by atoms with E-state index >= 15 is 0 Å². The summed E-state index contributed by atoms with van der Waals surface area (Å²) in [5.74, 6) is -2.04. The maximum Gasteiger partial charge on any atom is 0.317 e. The van der Waals surface area contributed by atoms with Crippen LogP contribution in [-0.4, -0.2) is 28.7 Å². The lowest BCUT2D eigenvalue weighted by atomic mass is 10.3. The Hall–Kier alpha value is -2.58. The monoisotopic (exact) mass is 408 g/mol. The van der Waals surface area contributed by atoms with E-state index in [4.69, 9.17) is 20.8 Å². The lowest BCUT2D eigenvalue weighted by Gasteiger charge is -2.13. The molecule has 0 aliphatic heterocycles. The molecule has 1 N–H and O–H groups in total. The van der Waals surface area contributed by atoms with Crippen molar-refractivity contribution in [1.82, 2.24) is 4.98 Å². The van der Waals surface area contributed by atoms with Crippen LogP contribution < -0.4 is 5.32 Å². The highest BCUT2D eigenvalue weighted by atomic mass is 35.5. The normalized spacial score (nSPS) is 12.0. The van der Waals surface area contributed by atoms with Gasteiger partial charge < -0.3 is 14.5 Å². The van der Waals surface area contributed by atoms with Crippen LogP contribution >= 0.6 is 23.4 Å². The molecule has 3 aromatic rings. The number of nitrogens with one attached hydrogen (secondary N) is 1. The second-order valence-electron chi connectivity index (χ2n) is 5.48. The van der Waals surface area contributed by atoms with Gasteiger partial charge in [-0.25, -0.2) is 9.37 Å². The molecular weight excluding hydrogens is 395 g/mol. The molecule has 0 bridgehead atoms. The highest BCUT2D eigenvalue weighted by Crippen LogP contribution is 2.23. The predicted molar refractivity (Wildman–Crippen MR) is 100 cm³/mol. The number of esters is 1. The zero-order chi connectivity index (χ0) is 19.4. The third-order valence-corrected chi connectivity index (χ3v) is 4.49. The van der Waals surface area contributed by atoms with E-state index < -0.39 is 23.8 Å². The third-order valence-electron chi connectivity index (χ3n) is 3.45. The largest absolute Gasteiger partial charge is 0.452 e. The second-order valence-corrected chi connectivity index (χ2v) is 6.84. The van der Waals surface area contributed by atoms with Gasteiger partial charge in [-0.2, -0.15) is 0 Å². The van der Waals surface area contributed by atoms with Gasteiger partial charge in [-0.1, -0.05) is 35.5 Å². The number of rotatable bonds is 6. The summed E-state index contributed by atoms with van der Waals surface area (Å²) >= 11 is 6.72. The average molecular weight is 409 g/mol. The Morgan fingerprint density at radius 1 is 1.33 bits per heavy atom. The fourth-order valence-electron chi connectivity index (χ4n) is 2.14. The first-order chi connectivity index (χ1) is 12.9. The van der Waals surface area contributed by atoms with E-state index in [0.29, 0.717) is 16.3 Å². The maximum absolute atomic E-state index is 13.7. The average Bonchev–Trinajstić information content (AvgIpc) is 3.05. The Balaban J connectivity index is 1.51. The summed E-state index contributed by atoms with van der Waals surface area (Å²) in [6, 6.07) is 11.1. The van der Waals surface area contributed by atoms with Crippen LogP contribution in [0.15, 0.2) is 52.1 Å². The predicted octanol–water partition coefficient (Wildman–Crippen LogP) is 4.28. The lowest BCUT2D eigenvalue weighted by Crippen LogP contribution is -2.30. The van der Waals surface area contributed by atoms with E-state index in [9.17, 15) is 14.0 Å². The van der Waals surface area contributed by atoms with E-state index in [2.05, 4.69) is 10.3 Å². The van der Waals surface area contributed by atoms with Crippen LogP contribution in [0.3, 0.4) is 0 Å². The zero-order valence-corrected chi connectivity index (χ0v) is 15.6. The fraction of sp³-hybridized carbons (Fsp3) is 0.167. The Kier molecular flexibility index (Phi) is 5.98. The van der Waals surface area contributed by atoms with Gasteiger partial charge in [0, 0.05) is 5.02 Å². The molecule has 0 aliphatic rings. The quantitative estimate of drug-likeness (QED) is 0.484. The molecule has 1 atom stereocenters. The first kappa shape index (κ1) is 19.2. The van der Waals surface area contributed by atoms with E-state index in [1.165, 1.54) is 19.1 Å². The van der Waals surface area contributed by atoms with Gasteiger partial charge in [-0.3, -0.25) is 9.59 Å². The number of carbonyl (C=O) groups excluding carboxylic acids is 2. The number of fused-ring (bicyclic) bond motifs is 1. The number of benzene rings is 2. The fourth-order valence-corrected chi connectivity index (χ4v) is 2.92. The highest BCUT2D eigenvalue weighted by molar-refractivity contribution is 7.99. The van der Waals surface area contributed by atoms with Gasteiger partial charge in [0.25, 0.3) is 11.1 Å². The summed E-state index contributed by atoms with van der Waals surface area (Å²) in [6.45, 7) is 1.39. The first-order valence-electron chi connectivity index (χ1n) is 7.86. The molecule has 6 nitrogen and oxygen atoms in total. The summed E-state index contributed by atoms with van der Waals surface area (Å²) in [5.41, 5.74) is 1.25. The molecule has 0 saturated heterocycles. The Morgan fingerprint density at radius 3 is 2.85 bits per heavy atom. The van der Waals surface area contributed by atoms with Crippen molar-refractivity contribution in [2.75, 3.05) is 11.1 Å². The molecular formula is C18H14ClFN2O4S. The number of thioether (sulfide) groups is 1. The summed E-state index contributed by atoms with van der Waals surface area (Å²) in [5, 5.41) is 2.88. The van der Waals surface area contributed by atoms with Crippen LogP contribution in [0.1, 0.15) is 6.92 Å². The zero-order valence-electron chi connectivity index (χ0n) is 14.1. The van der Waals surface area contributed by atoms with Crippen LogP contribution in [0.5, 0.6) is 0 Å². The number of aromatic nitrogens is 1. The number of amides is 1. The molecule has 0 radical (unpaired) electrons. The smallest absolute Gasteiger partial charge is 0.317 e. The Bertz CT molecular complexity index is 961. The lowest BCUT2D eigenvalue weighted by molar-refractivity contribution is -0.150. The van der Waals surface area contributed by atoms with Crippen molar-refractivity contribution in [1.29, 1.82) is 0 Å². The summed E-state index contributed by atoms with van der Waals surface area (Å²) < 4.78 is 24.2. The van der Waals surface area contributed by atoms with Crippen LogP contribution in [0.2, 0.25) is 5.02 Å². The van der Waals surface area contributed by atoms with Crippen LogP contribution in [-0.2, 0) is 14.3 Å². The van der Waals surface area contributed by atoms with E-state index in [1.807, 2.05) is 12.1 Å². The van der Waals surface area contributed by atoms with E-state index in [1.54, 1.807) is 12.1 Å². The molecule has 1 aromatic heterocycles. The van der Waals surface area contributed by atoms with Crippen molar-refractivity contribution >= 4 is 52.0 Å². The molecule has 0 aliphatic carbocycles. The summed E-state index contributed by atoms with van der Waals surface area (Å²) in [6.07, 6.45) is -1.10. The van der Waals surface area contributed by atoms with Crippen molar-refractivity contribution in [2.24, 2.45) is 0 Å². The molecule has 27 heavy (non-hydrogen) atoms. The number of ether oxygens (including phenoxy) is 1. The number of para-hydroxylation sites is 2. The Morgan fingerprint density at radius 2 is 2.11 bits per heavy atom. The number of oxazole rings is 1. The van der Waals surface area contributed by atoms with Gasteiger partial charge in [0.15, 0.2) is 11.7 Å². The SMILES string of the molecule is C[C@H](OC(=O)CSc1nc2ccccc2o1)C(=O)Nc1ccc(Cl)cc1F. The highest BCUT2D eigenvalue weighted by Gasteiger charge is 2.20. The molecule has 1 heterocycles. The molecule has 9 heteroatoms. The number of anilines is 1. The third kappa shape index (κ3) is 4.99. The minimum absolute atomic E-state index is 0.0480. The molecule has 0 saturated carbocycles. The summed E-state index contributed by atoms with van der Waals surface area (Å²) in [4.78, 5) is 28.2. The number of halogens is 2. The van der Waals surface area contributed by atoms with E-state index in [-0.39, 0.29) is 16.5 Å². The van der Waals surface area contributed by atoms with Gasteiger partial charge in [0.05, 0.1) is 5.69 Å².